The molecule has 0 amide bonds. The molecule has 0 aliphatic rings. The van der Waals surface area contributed by atoms with Crippen LogP contribution in [0.4, 0.5) is 0 Å². The largest absolute Gasteiger partial charge is 0.519 e. The molecule has 0 aromatic heterocycles. The van der Waals surface area contributed by atoms with Crippen LogP contribution < -0.4 is 0 Å². The molecular weight excluding hydrogens is 444 g/mol. The van der Waals surface area contributed by atoms with Gasteiger partial charge in [-0.05, 0) is 24.6 Å². The molecule has 0 spiro atoms. The summed E-state index contributed by atoms with van der Waals surface area (Å²) in [5.74, 6) is 0.0279. The highest BCUT2D eigenvalue weighted by Gasteiger charge is 2.40. The van der Waals surface area contributed by atoms with Crippen molar-refractivity contribution in [2.24, 2.45) is 0 Å². The molecule has 0 bridgehead atoms. The van der Waals surface area contributed by atoms with Crippen LogP contribution in [0.1, 0.15) is 182 Å². The van der Waals surface area contributed by atoms with Crippen LogP contribution in [0.2, 0.25) is 18.1 Å². The predicted molar refractivity (Wildman–Crippen MR) is 160 cm³/mol. The van der Waals surface area contributed by atoms with Crippen molar-refractivity contribution in [3.05, 3.63) is 0 Å². The Kier molecular flexibility index (Phi) is 22.6. The SMILES string of the molecule is CCCCCCCCCCCCCCCCCCCCCCCCCC(=O)O[Si](C)(C)C(C)(C)C. The van der Waals surface area contributed by atoms with Crippen molar-refractivity contribution in [1.29, 1.82) is 0 Å². The van der Waals surface area contributed by atoms with Gasteiger partial charge in [-0.25, -0.2) is 0 Å². The van der Waals surface area contributed by atoms with Gasteiger partial charge in [0.1, 0.15) is 0 Å². The Morgan fingerprint density at radius 3 is 1.03 bits per heavy atom. The molecule has 210 valence electrons. The molecule has 0 aliphatic carbocycles. The molecule has 0 radical (unpaired) electrons. The Morgan fingerprint density at radius 1 is 0.514 bits per heavy atom. The first-order chi connectivity index (χ1) is 16.7. The molecule has 0 heterocycles. The van der Waals surface area contributed by atoms with Crippen molar-refractivity contribution >= 4 is 14.3 Å². The van der Waals surface area contributed by atoms with E-state index in [0.717, 1.165) is 6.42 Å². The zero-order valence-electron chi connectivity index (χ0n) is 25.3. The van der Waals surface area contributed by atoms with E-state index in [1.165, 1.54) is 141 Å². The van der Waals surface area contributed by atoms with Gasteiger partial charge in [-0.3, -0.25) is 4.79 Å². The van der Waals surface area contributed by atoms with E-state index in [1.807, 2.05) is 0 Å². The number of carbonyl (C=O) groups is 1. The van der Waals surface area contributed by atoms with Gasteiger partial charge >= 0.3 is 0 Å². The second-order valence-electron chi connectivity index (χ2n) is 12.8. The summed E-state index contributed by atoms with van der Waals surface area (Å²) < 4.78 is 5.85. The Bertz CT molecular complexity index is 467. The van der Waals surface area contributed by atoms with E-state index in [2.05, 4.69) is 40.8 Å². The van der Waals surface area contributed by atoms with Gasteiger partial charge in [-0.2, -0.15) is 0 Å². The van der Waals surface area contributed by atoms with Crippen LogP contribution in [0.15, 0.2) is 0 Å². The average molecular weight is 511 g/mol. The van der Waals surface area contributed by atoms with Gasteiger partial charge in [-0.1, -0.05) is 169 Å². The molecule has 0 unspecified atom stereocenters. The average Bonchev–Trinajstić information content (AvgIpc) is 2.78. The Labute approximate surface area is 223 Å². The summed E-state index contributed by atoms with van der Waals surface area (Å²) in [5, 5.41) is 0.106. The number of rotatable bonds is 25. The third-order valence-electron chi connectivity index (χ3n) is 8.16. The van der Waals surface area contributed by atoms with Crippen molar-refractivity contribution in [3.63, 3.8) is 0 Å². The minimum atomic E-state index is -1.94. The van der Waals surface area contributed by atoms with Crippen LogP contribution in [-0.2, 0) is 9.22 Å². The van der Waals surface area contributed by atoms with E-state index in [0.29, 0.717) is 6.42 Å². The zero-order chi connectivity index (χ0) is 26.3. The quantitative estimate of drug-likeness (QED) is 0.0901. The fourth-order valence-electron chi connectivity index (χ4n) is 4.54. The lowest BCUT2D eigenvalue weighted by Gasteiger charge is -2.35. The summed E-state index contributed by atoms with van der Waals surface area (Å²) in [6.45, 7) is 13.2. The first-order valence-corrected chi connectivity index (χ1v) is 18.8. The topological polar surface area (TPSA) is 26.3 Å². The second-order valence-corrected chi connectivity index (χ2v) is 17.5. The van der Waals surface area contributed by atoms with E-state index < -0.39 is 8.32 Å². The standard InChI is InChI=1S/C32H66O2Si/c1-7-8-9-10-11-12-13-14-15-16-17-18-19-20-21-22-23-24-25-26-27-28-29-30-31(33)34-35(5,6)32(2,3)4/h7-30H2,1-6H3. The van der Waals surface area contributed by atoms with Crippen LogP contribution >= 0.6 is 0 Å². The number of unbranched alkanes of at least 4 members (excludes halogenated alkanes) is 22. The molecule has 0 rings (SSSR count). The van der Waals surface area contributed by atoms with Crippen molar-refractivity contribution in [2.45, 2.75) is 200 Å². The van der Waals surface area contributed by atoms with Crippen molar-refractivity contribution < 1.29 is 9.22 Å². The van der Waals surface area contributed by atoms with Gasteiger partial charge in [-0.15, -0.1) is 0 Å². The maximum Gasteiger partial charge on any atom is 0.292 e. The summed E-state index contributed by atoms with van der Waals surface area (Å²) >= 11 is 0. The zero-order valence-corrected chi connectivity index (χ0v) is 26.3. The number of carbonyl (C=O) groups excluding carboxylic acids is 1. The molecule has 35 heavy (non-hydrogen) atoms. The molecule has 0 atom stereocenters. The molecule has 0 aromatic rings. The van der Waals surface area contributed by atoms with Gasteiger partial charge in [0.2, 0.25) is 0 Å². The molecule has 0 aromatic carbocycles. The van der Waals surface area contributed by atoms with Crippen LogP contribution in [0.25, 0.3) is 0 Å². The first-order valence-electron chi connectivity index (χ1n) is 15.9. The van der Waals surface area contributed by atoms with E-state index in [4.69, 9.17) is 4.43 Å². The molecule has 0 saturated heterocycles. The van der Waals surface area contributed by atoms with Crippen LogP contribution in [0, 0.1) is 0 Å². The van der Waals surface area contributed by atoms with E-state index in [-0.39, 0.29) is 11.0 Å². The van der Waals surface area contributed by atoms with Gasteiger partial charge in [0.05, 0.1) is 0 Å². The van der Waals surface area contributed by atoms with E-state index >= 15 is 0 Å². The molecule has 0 fully saturated rings. The first kappa shape index (κ1) is 34.7. The highest BCUT2D eigenvalue weighted by atomic mass is 28.4. The summed E-state index contributed by atoms with van der Waals surface area (Å²) in [4.78, 5) is 12.1. The van der Waals surface area contributed by atoms with Gasteiger partial charge in [0, 0.05) is 6.42 Å². The highest BCUT2D eigenvalue weighted by Crippen LogP contribution is 2.36. The Balaban J connectivity index is 3.24. The Hall–Kier alpha value is -0.313. The predicted octanol–water partition coefficient (Wildman–Crippen LogP) is 11.9. The molecule has 0 N–H and O–H groups in total. The monoisotopic (exact) mass is 510 g/mol. The lowest BCUT2D eigenvalue weighted by atomic mass is 10.0. The van der Waals surface area contributed by atoms with E-state index in [9.17, 15) is 4.79 Å². The summed E-state index contributed by atoms with van der Waals surface area (Å²) in [7, 11) is -1.94. The Morgan fingerprint density at radius 2 is 0.771 bits per heavy atom. The normalized spacial score (nSPS) is 12.3. The fourth-order valence-corrected chi connectivity index (χ4v) is 5.52. The van der Waals surface area contributed by atoms with Crippen LogP contribution in [0.3, 0.4) is 0 Å². The van der Waals surface area contributed by atoms with Crippen LogP contribution in [-0.4, -0.2) is 14.3 Å². The maximum absolute atomic E-state index is 12.1. The van der Waals surface area contributed by atoms with Gasteiger partial charge in [0.15, 0.2) is 0 Å². The smallest absolute Gasteiger partial charge is 0.292 e. The van der Waals surface area contributed by atoms with Crippen molar-refractivity contribution in [2.75, 3.05) is 0 Å². The molecule has 3 heteroatoms. The number of hydrogen-bond donors (Lipinski definition) is 0. The van der Waals surface area contributed by atoms with Gasteiger partial charge in [0.25, 0.3) is 14.3 Å². The third kappa shape index (κ3) is 22.6. The van der Waals surface area contributed by atoms with Crippen LogP contribution in [0.5, 0.6) is 0 Å². The summed E-state index contributed by atoms with van der Waals surface area (Å²) in [6, 6.07) is 0. The fraction of sp³-hybridized carbons (Fsp3) is 0.969. The lowest BCUT2D eigenvalue weighted by Crippen LogP contribution is -2.42. The maximum atomic E-state index is 12.1. The number of hydrogen-bond acceptors (Lipinski definition) is 2. The highest BCUT2D eigenvalue weighted by molar-refractivity contribution is 6.75. The summed E-state index contributed by atoms with van der Waals surface area (Å²) in [5.41, 5.74) is 0. The third-order valence-corrected chi connectivity index (χ3v) is 12.5. The van der Waals surface area contributed by atoms with Crippen molar-refractivity contribution in [1.82, 2.24) is 0 Å². The molecule has 0 aliphatic heterocycles. The minimum Gasteiger partial charge on any atom is -0.519 e. The minimum absolute atomic E-state index is 0.0279. The molecule has 2 nitrogen and oxygen atoms in total. The van der Waals surface area contributed by atoms with E-state index in [1.54, 1.807) is 0 Å². The second kappa shape index (κ2) is 22.9. The summed E-state index contributed by atoms with van der Waals surface area (Å²) in [6.07, 6.45) is 32.8. The molecule has 0 saturated carbocycles. The lowest BCUT2D eigenvalue weighted by molar-refractivity contribution is -0.135. The molecular formula is C32H66O2Si. The van der Waals surface area contributed by atoms with Gasteiger partial charge < -0.3 is 4.43 Å². The van der Waals surface area contributed by atoms with Crippen molar-refractivity contribution in [3.8, 4) is 0 Å².